The van der Waals surface area contributed by atoms with Gasteiger partial charge in [-0.3, -0.25) is 14.3 Å². The quantitative estimate of drug-likeness (QED) is 0.470. The molecular weight excluding hydrogens is 449 g/mol. The van der Waals surface area contributed by atoms with E-state index in [-0.39, 0.29) is 16.8 Å². The van der Waals surface area contributed by atoms with Crippen molar-refractivity contribution in [2.75, 3.05) is 13.7 Å². The molecule has 1 aliphatic heterocycles. The van der Waals surface area contributed by atoms with Gasteiger partial charge in [-0.05, 0) is 43.7 Å². The molecule has 1 fully saturated rings. The van der Waals surface area contributed by atoms with Crippen molar-refractivity contribution in [2.24, 2.45) is 0 Å². The van der Waals surface area contributed by atoms with Crippen LogP contribution in [0.4, 0.5) is 4.39 Å². The fourth-order valence-corrected chi connectivity index (χ4v) is 4.41. The molecule has 2 aromatic carbocycles. The maximum atomic E-state index is 14.6. The highest BCUT2D eigenvalue weighted by Gasteiger charge is 2.29. The van der Waals surface area contributed by atoms with Gasteiger partial charge in [-0.25, -0.2) is 9.37 Å². The number of fused-ring (bicyclic) bond motifs is 1. The summed E-state index contributed by atoms with van der Waals surface area (Å²) in [5.74, 6) is -0.235. The third-order valence-corrected chi connectivity index (χ3v) is 6.16. The van der Waals surface area contributed by atoms with E-state index in [1.54, 1.807) is 18.3 Å². The molecule has 8 nitrogen and oxygen atoms in total. The number of aliphatic hydroxyl groups excluding tert-OH is 1. The number of halogens is 1. The number of benzene rings is 2. The first-order valence-corrected chi connectivity index (χ1v) is 11.1. The van der Waals surface area contributed by atoms with Crippen LogP contribution < -0.4 is 15.6 Å². The summed E-state index contributed by atoms with van der Waals surface area (Å²) in [5.41, 5.74) is 2.65. The van der Waals surface area contributed by atoms with Gasteiger partial charge in [-0.15, -0.1) is 0 Å². The summed E-state index contributed by atoms with van der Waals surface area (Å²) < 4.78 is 21.0. The zero-order chi connectivity index (χ0) is 24.7. The molecule has 35 heavy (non-hydrogen) atoms. The molecule has 0 saturated carbocycles. The number of pyridine rings is 1. The molecule has 5 rings (SSSR count). The van der Waals surface area contributed by atoms with Gasteiger partial charge < -0.3 is 15.2 Å². The van der Waals surface area contributed by atoms with Gasteiger partial charge in [-0.2, -0.15) is 5.26 Å². The van der Waals surface area contributed by atoms with E-state index in [4.69, 9.17) is 9.72 Å². The molecule has 2 atom stereocenters. The number of aliphatic hydroxyl groups is 1. The fourth-order valence-electron chi connectivity index (χ4n) is 4.41. The van der Waals surface area contributed by atoms with Crippen molar-refractivity contribution in [1.82, 2.24) is 19.9 Å². The van der Waals surface area contributed by atoms with Crippen molar-refractivity contribution in [1.29, 1.82) is 5.26 Å². The molecule has 0 spiro atoms. The standard InChI is InChI=1S/C26H22FN5O3/c1-14-3-4-16(12-29-14)19-7-15(11-28)8-20-24(19)31-25(22-10-18(33)13-30-22)32(26(20)34)17-5-6-23(35-2)21(27)9-17/h3-9,12,18,22,30,33H,10,13H2,1-2H3/t18-,22+/m0/s1. The first kappa shape index (κ1) is 22.7. The zero-order valence-corrected chi connectivity index (χ0v) is 19.1. The van der Waals surface area contributed by atoms with Gasteiger partial charge in [-0.1, -0.05) is 6.07 Å². The van der Waals surface area contributed by atoms with E-state index < -0.39 is 23.5 Å². The average molecular weight is 471 g/mol. The maximum Gasteiger partial charge on any atom is 0.266 e. The van der Waals surface area contributed by atoms with Crippen LogP contribution in [0.2, 0.25) is 0 Å². The Labute approximate surface area is 200 Å². The molecular formula is C26H22FN5O3. The van der Waals surface area contributed by atoms with Crippen LogP contribution in [0.15, 0.2) is 53.5 Å². The van der Waals surface area contributed by atoms with Crippen molar-refractivity contribution in [3.8, 4) is 28.6 Å². The van der Waals surface area contributed by atoms with E-state index >= 15 is 0 Å². The lowest BCUT2D eigenvalue weighted by atomic mass is 10.00. The monoisotopic (exact) mass is 471 g/mol. The number of ether oxygens (including phenoxy) is 1. The Hall–Kier alpha value is -4.13. The second-order valence-corrected chi connectivity index (χ2v) is 8.50. The Balaban J connectivity index is 1.85. The van der Waals surface area contributed by atoms with Gasteiger partial charge in [0.25, 0.3) is 5.56 Å². The van der Waals surface area contributed by atoms with Gasteiger partial charge in [0.15, 0.2) is 11.6 Å². The number of hydrogen-bond donors (Lipinski definition) is 2. The zero-order valence-electron chi connectivity index (χ0n) is 19.1. The third kappa shape index (κ3) is 4.03. The minimum Gasteiger partial charge on any atom is -0.494 e. The molecule has 4 aromatic rings. The number of nitrogens with one attached hydrogen (secondary N) is 1. The molecule has 0 aliphatic carbocycles. The van der Waals surface area contributed by atoms with Crippen LogP contribution in [-0.2, 0) is 0 Å². The second kappa shape index (κ2) is 8.91. The lowest BCUT2D eigenvalue weighted by Gasteiger charge is -2.20. The number of aromatic nitrogens is 3. The average Bonchev–Trinajstić information content (AvgIpc) is 3.30. The molecule has 2 aromatic heterocycles. The molecule has 3 heterocycles. The van der Waals surface area contributed by atoms with Crippen molar-refractivity contribution in [2.45, 2.75) is 25.5 Å². The van der Waals surface area contributed by atoms with Crippen LogP contribution >= 0.6 is 0 Å². The number of methoxy groups -OCH3 is 1. The van der Waals surface area contributed by atoms with Crippen LogP contribution in [0.5, 0.6) is 5.75 Å². The van der Waals surface area contributed by atoms with E-state index in [0.29, 0.717) is 41.0 Å². The number of β-amino-alcohol motifs (C(OH)–C–C–N with tert-alkyl or cyclic N) is 1. The van der Waals surface area contributed by atoms with E-state index in [1.165, 1.54) is 29.9 Å². The number of nitriles is 1. The Bertz CT molecular complexity index is 1540. The highest BCUT2D eigenvalue weighted by molar-refractivity contribution is 5.94. The van der Waals surface area contributed by atoms with Crippen molar-refractivity contribution in [3.63, 3.8) is 0 Å². The summed E-state index contributed by atoms with van der Waals surface area (Å²) in [6, 6.07) is 12.8. The topological polar surface area (TPSA) is 113 Å². The van der Waals surface area contributed by atoms with Crippen LogP contribution in [0.25, 0.3) is 27.7 Å². The molecule has 0 unspecified atom stereocenters. The van der Waals surface area contributed by atoms with Crippen molar-refractivity contribution in [3.05, 3.63) is 81.9 Å². The molecule has 1 aliphatic rings. The predicted molar refractivity (Wildman–Crippen MR) is 128 cm³/mol. The molecule has 0 amide bonds. The number of hydrogen-bond acceptors (Lipinski definition) is 7. The minimum atomic E-state index is -0.625. The lowest BCUT2D eigenvalue weighted by Crippen LogP contribution is -2.29. The Kier molecular flexibility index (Phi) is 5.76. The molecule has 0 bridgehead atoms. The van der Waals surface area contributed by atoms with E-state index in [9.17, 15) is 19.6 Å². The summed E-state index contributed by atoms with van der Waals surface area (Å²) in [4.78, 5) is 23.1. The summed E-state index contributed by atoms with van der Waals surface area (Å²) >= 11 is 0. The molecule has 176 valence electrons. The minimum absolute atomic E-state index is 0.0486. The van der Waals surface area contributed by atoms with Crippen molar-refractivity contribution >= 4 is 10.9 Å². The van der Waals surface area contributed by atoms with Gasteiger partial charge in [0, 0.05) is 35.6 Å². The maximum absolute atomic E-state index is 14.6. The lowest BCUT2D eigenvalue weighted by molar-refractivity contribution is 0.193. The molecule has 2 N–H and O–H groups in total. The number of nitrogens with zero attached hydrogens (tertiary/aromatic N) is 4. The molecule has 0 radical (unpaired) electrons. The summed E-state index contributed by atoms with van der Waals surface area (Å²) in [5, 5.41) is 23.2. The third-order valence-electron chi connectivity index (χ3n) is 6.16. The highest BCUT2D eigenvalue weighted by atomic mass is 19.1. The van der Waals surface area contributed by atoms with Gasteiger partial charge in [0.1, 0.15) is 5.82 Å². The predicted octanol–water partition coefficient (Wildman–Crippen LogP) is 3.17. The first-order valence-electron chi connectivity index (χ1n) is 11.1. The van der Waals surface area contributed by atoms with Crippen LogP contribution in [0, 0.1) is 24.1 Å². The number of rotatable bonds is 4. The summed E-state index contributed by atoms with van der Waals surface area (Å²) in [7, 11) is 1.36. The SMILES string of the molecule is COc1ccc(-n2c([C@H]3C[C@H](O)CN3)nc3c(-c4ccc(C)nc4)cc(C#N)cc3c2=O)cc1F. The van der Waals surface area contributed by atoms with E-state index in [2.05, 4.69) is 16.4 Å². The molecule has 9 heteroatoms. The Morgan fingerprint density at radius 2 is 2.09 bits per heavy atom. The smallest absolute Gasteiger partial charge is 0.266 e. The summed E-state index contributed by atoms with van der Waals surface area (Å²) in [6.07, 6.45) is 1.42. The Morgan fingerprint density at radius 1 is 1.26 bits per heavy atom. The second-order valence-electron chi connectivity index (χ2n) is 8.50. The van der Waals surface area contributed by atoms with Crippen molar-refractivity contribution < 1.29 is 14.2 Å². The van der Waals surface area contributed by atoms with Crippen LogP contribution in [0.3, 0.4) is 0 Å². The Morgan fingerprint density at radius 3 is 2.71 bits per heavy atom. The van der Waals surface area contributed by atoms with Crippen LogP contribution in [0.1, 0.15) is 29.5 Å². The fraction of sp³-hybridized carbons (Fsp3) is 0.231. The van der Waals surface area contributed by atoms with Gasteiger partial charge >= 0.3 is 0 Å². The number of aryl methyl sites for hydroxylation is 1. The normalized spacial score (nSPS) is 17.5. The van der Waals surface area contributed by atoms with Crippen LogP contribution in [-0.4, -0.2) is 39.4 Å². The van der Waals surface area contributed by atoms with Gasteiger partial charge in [0.2, 0.25) is 0 Å². The molecule has 1 saturated heterocycles. The van der Waals surface area contributed by atoms with Gasteiger partial charge in [0.05, 0.1) is 47.5 Å². The summed E-state index contributed by atoms with van der Waals surface area (Å²) in [6.45, 7) is 2.21. The highest BCUT2D eigenvalue weighted by Crippen LogP contribution is 2.31. The largest absolute Gasteiger partial charge is 0.494 e. The van der Waals surface area contributed by atoms with E-state index in [1.807, 2.05) is 19.1 Å². The van der Waals surface area contributed by atoms with E-state index in [0.717, 1.165) is 5.69 Å². The first-order chi connectivity index (χ1) is 16.9.